The Morgan fingerprint density at radius 1 is 0.882 bits per heavy atom. The number of carboxylic acids is 1. The zero-order valence-electron chi connectivity index (χ0n) is 20.1. The molecule has 0 amide bonds. The molecule has 3 aromatic rings. The molecule has 176 valence electrons. The number of aromatic carboxylic acids is 1. The van der Waals surface area contributed by atoms with Crippen molar-refractivity contribution in [3.05, 3.63) is 100 Å². The second-order valence-electron chi connectivity index (χ2n) is 10.3. The molecule has 5 nitrogen and oxygen atoms in total. The smallest absolute Gasteiger partial charge is 0.335 e. The summed E-state index contributed by atoms with van der Waals surface area (Å²) in [6.07, 6.45) is 2.12. The molecule has 0 atom stereocenters. The second kappa shape index (κ2) is 8.98. The first-order valence-corrected chi connectivity index (χ1v) is 11.5. The maximum Gasteiger partial charge on any atom is 0.335 e. The van der Waals surface area contributed by atoms with E-state index in [1.807, 2.05) is 30.3 Å². The monoisotopic (exact) mass is 457 g/mol. The quantitative estimate of drug-likeness (QED) is 0.250. The van der Waals surface area contributed by atoms with Gasteiger partial charge in [0.05, 0.1) is 5.56 Å². The van der Waals surface area contributed by atoms with Crippen LogP contribution >= 0.6 is 0 Å². The van der Waals surface area contributed by atoms with E-state index in [0.29, 0.717) is 29.2 Å². The molecule has 0 heterocycles. The predicted octanol–water partition coefficient (Wildman–Crippen LogP) is 6.54. The van der Waals surface area contributed by atoms with Gasteiger partial charge >= 0.3 is 5.97 Å². The van der Waals surface area contributed by atoms with Crippen LogP contribution in [0.4, 0.5) is 0 Å². The van der Waals surface area contributed by atoms with Crippen LogP contribution in [0.2, 0.25) is 0 Å². The van der Waals surface area contributed by atoms with E-state index in [0.717, 1.165) is 18.4 Å². The first kappa shape index (κ1) is 23.6. The zero-order valence-corrected chi connectivity index (χ0v) is 20.1. The van der Waals surface area contributed by atoms with Crippen molar-refractivity contribution in [2.24, 2.45) is 5.16 Å². The molecule has 1 aliphatic carbocycles. The van der Waals surface area contributed by atoms with Crippen LogP contribution in [-0.2, 0) is 17.4 Å². The normalized spacial score (nSPS) is 16.5. The molecule has 34 heavy (non-hydrogen) atoms. The minimum atomic E-state index is -1.00. The van der Waals surface area contributed by atoms with Gasteiger partial charge in [0, 0.05) is 11.1 Å². The van der Waals surface area contributed by atoms with Gasteiger partial charge < -0.3 is 15.1 Å². The number of carboxylic acid groups (broad SMARTS) is 1. The average molecular weight is 458 g/mol. The molecule has 0 unspecified atom stereocenters. The van der Waals surface area contributed by atoms with Gasteiger partial charge in [-0.2, -0.15) is 0 Å². The number of benzene rings is 3. The number of oxime groups is 1. The molecule has 0 aliphatic heterocycles. The first-order chi connectivity index (χ1) is 16.1. The third kappa shape index (κ3) is 4.56. The number of carbonyl (C=O) groups is 1. The van der Waals surface area contributed by atoms with Crippen molar-refractivity contribution < 1.29 is 19.8 Å². The van der Waals surface area contributed by atoms with E-state index in [2.05, 4.69) is 45.0 Å². The fourth-order valence-electron chi connectivity index (χ4n) is 4.67. The van der Waals surface area contributed by atoms with E-state index in [-0.39, 0.29) is 16.4 Å². The number of hydrogen-bond acceptors (Lipinski definition) is 4. The van der Waals surface area contributed by atoms with Gasteiger partial charge in [-0.15, -0.1) is 0 Å². The molecule has 0 saturated carbocycles. The van der Waals surface area contributed by atoms with E-state index < -0.39 is 5.97 Å². The van der Waals surface area contributed by atoms with E-state index in [4.69, 9.17) is 4.74 Å². The standard InChI is InChI=1S/C29H31NO4/c1-28(2)14-15-29(3,4)24-17-25(34-18-19-8-6-5-7-9-19)22(16-23(24)28)26(30-33)20-10-12-21(13-11-20)27(31)32/h5-13,16-17,33H,14-15,18H2,1-4H3,(H,31,32)/b30-26+. The predicted molar refractivity (Wildman–Crippen MR) is 133 cm³/mol. The summed E-state index contributed by atoms with van der Waals surface area (Å²) in [6.45, 7) is 9.38. The molecule has 0 fully saturated rings. The molecular weight excluding hydrogens is 426 g/mol. The Morgan fingerprint density at radius 2 is 1.44 bits per heavy atom. The number of hydrogen-bond donors (Lipinski definition) is 2. The average Bonchev–Trinajstić information content (AvgIpc) is 2.82. The summed E-state index contributed by atoms with van der Waals surface area (Å²) in [5, 5.41) is 23.0. The molecule has 0 saturated heterocycles. The minimum Gasteiger partial charge on any atom is -0.488 e. The summed E-state index contributed by atoms with van der Waals surface area (Å²) in [7, 11) is 0. The highest BCUT2D eigenvalue weighted by atomic mass is 16.5. The van der Waals surface area contributed by atoms with Gasteiger partial charge in [0.1, 0.15) is 18.1 Å². The number of rotatable bonds is 6. The summed E-state index contributed by atoms with van der Waals surface area (Å²) in [5.41, 5.74) is 5.29. The van der Waals surface area contributed by atoms with Crippen molar-refractivity contribution in [2.45, 2.75) is 58.0 Å². The van der Waals surface area contributed by atoms with Crippen LogP contribution in [0.5, 0.6) is 5.75 Å². The van der Waals surface area contributed by atoms with Crippen molar-refractivity contribution >= 4 is 11.7 Å². The lowest BCUT2D eigenvalue weighted by molar-refractivity contribution is 0.0697. The number of fused-ring (bicyclic) bond motifs is 1. The van der Waals surface area contributed by atoms with Crippen LogP contribution in [0.25, 0.3) is 0 Å². The third-order valence-electron chi connectivity index (χ3n) is 6.95. The van der Waals surface area contributed by atoms with Crippen molar-refractivity contribution in [1.82, 2.24) is 0 Å². The minimum absolute atomic E-state index is 0.00605. The molecule has 0 radical (unpaired) electrons. The highest BCUT2D eigenvalue weighted by molar-refractivity contribution is 6.14. The Kier molecular flexibility index (Phi) is 6.22. The van der Waals surface area contributed by atoms with Gasteiger partial charge in [0.2, 0.25) is 0 Å². The molecule has 5 heteroatoms. The molecular formula is C29H31NO4. The number of ether oxygens (including phenoxy) is 1. The van der Waals surface area contributed by atoms with Crippen molar-refractivity contribution in [2.75, 3.05) is 0 Å². The zero-order chi connectivity index (χ0) is 24.5. The van der Waals surface area contributed by atoms with Gasteiger partial charge in [0.25, 0.3) is 0 Å². The number of nitrogens with zero attached hydrogens (tertiary/aromatic N) is 1. The van der Waals surface area contributed by atoms with Crippen molar-refractivity contribution in [1.29, 1.82) is 0 Å². The summed E-state index contributed by atoms with van der Waals surface area (Å²) in [6, 6.07) is 20.5. The fourth-order valence-corrected chi connectivity index (χ4v) is 4.67. The first-order valence-electron chi connectivity index (χ1n) is 11.5. The van der Waals surface area contributed by atoms with Crippen LogP contribution in [0, 0.1) is 0 Å². The molecule has 4 rings (SSSR count). The largest absolute Gasteiger partial charge is 0.488 e. The molecule has 1 aliphatic rings. The molecule has 0 aromatic heterocycles. The maximum absolute atomic E-state index is 11.3. The fraction of sp³-hybridized carbons (Fsp3) is 0.310. The van der Waals surface area contributed by atoms with E-state index in [9.17, 15) is 15.1 Å². The Hall–Kier alpha value is -3.60. The van der Waals surface area contributed by atoms with Crippen LogP contribution in [0.3, 0.4) is 0 Å². The highest BCUT2D eigenvalue weighted by Crippen LogP contribution is 2.48. The summed E-state index contributed by atoms with van der Waals surface area (Å²) in [5.74, 6) is -0.359. The molecule has 0 spiro atoms. The van der Waals surface area contributed by atoms with Crippen LogP contribution in [0.15, 0.2) is 71.9 Å². The Labute approximate surface area is 200 Å². The van der Waals surface area contributed by atoms with Crippen LogP contribution < -0.4 is 4.74 Å². The molecule has 0 bridgehead atoms. The third-order valence-corrected chi connectivity index (χ3v) is 6.95. The Balaban J connectivity index is 1.85. The van der Waals surface area contributed by atoms with Crippen LogP contribution in [-0.4, -0.2) is 22.0 Å². The summed E-state index contributed by atoms with van der Waals surface area (Å²) in [4.78, 5) is 11.3. The lowest BCUT2D eigenvalue weighted by Gasteiger charge is -2.42. The lowest BCUT2D eigenvalue weighted by atomic mass is 9.62. The molecule has 2 N–H and O–H groups in total. The van der Waals surface area contributed by atoms with Gasteiger partial charge in [0.15, 0.2) is 0 Å². The van der Waals surface area contributed by atoms with Crippen molar-refractivity contribution in [3.8, 4) is 5.75 Å². The van der Waals surface area contributed by atoms with Crippen LogP contribution in [0.1, 0.15) is 78.7 Å². The van der Waals surface area contributed by atoms with E-state index >= 15 is 0 Å². The van der Waals surface area contributed by atoms with Gasteiger partial charge in [-0.3, -0.25) is 0 Å². The van der Waals surface area contributed by atoms with Crippen molar-refractivity contribution in [3.63, 3.8) is 0 Å². The van der Waals surface area contributed by atoms with Gasteiger partial charge in [-0.05, 0) is 64.6 Å². The maximum atomic E-state index is 11.3. The summed E-state index contributed by atoms with van der Waals surface area (Å²) >= 11 is 0. The van der Waals surface area contributed by atoms with Gasteiger partial charge in [-0.1, -0.05) is 75.3 Å². The Morgan fingerprint density at radius 3 is 2.00 bits per heavy atom. The molecule has 3 aromatic carbocycles. The topological polar surface area (TPSA) is 79.1 Å². The highest BCUT2D eigenvalue weighted by Gasteiger charge is 2.38. The SMILES string of the molecule is CC1(C)CCC(C)(C)c2cc(/C(=N/O)c3ccc(C(=O)O)cc3)c(OCc3ccccc3)cc21. The summed E-state index contributed by atoms with van der Waals surface area (Å²) < 4.78 is 6.33. The van der Waals surface area contributed by atoms with Gasteiger partial charge in [-0.25, -0.2) is 4.79 Å². The van der Waals surface area contributed by atoms with E-state index in [1.165, 1.54) is 23.3 Å². The second-order valence-corrected chi connectivity index (χ2v) is 10.3. The van der Waals surface area contributed by atoms with E-state index in [1.54, 1.807) is 12.1 Å². The Bertz CT molecular complexity index is 1220. The lowest BCUT2D eigenvalue weighted by Crippen LogP contribution is -2.34.